The summed E-state index contributed by atoms with van der Waals surface area (Å²) in [7, 11) is 0. The Morgan fingerprint density at radius 1 is 1.61 bits per heavy atom. The molecular weight excluding hydrogens is 300 g/mol. The number of anilines is 1. The van der Waals surface area contributed by atoms with Crippen molar-refractivity contribution < 1.29 is 9.53 Å². The number of primary amides is 1. The molecule has 0 saturated carbocycles. The van der Waals surface area contributed by atoms with Gasteiger partial charge < -0.3 is 16.2 Å². The number of ether oxygens (including phenoxy) is 1. The largest absolute Gasteiger partial charge is 0.450 e. The van der Waals surface area contributed by atoms with Gasteiger partial charge in [-0.2, -0.15) is 5.10 Å². The highest BCUT2D eigenvalue weighted by Gasteiger charge is 2.27. The van der Waals surface area contributed by atoms with Gasteiger partial charge >= 0.3 is 6.09 Å². The smallest absolute Gasteiger partial charge is 0.404 e. The minimum Gasteiger partial charge on any atom is -0.450 e. The maximum atomic E-state index is 10.6. The van der Waals surface area contributed by atoms with Crippen molar-refractivity contribution in [2.45, 2.75) is 33.2 Å². The molecule has 0 bridgehead atoms. The molecular formula is C11H19BrN4O2. The molecule has 0 aliphatic heterocycles. The van der Waals surface area contributed by atoms with Gasteiger partial charge in [-0.1, -0.05) is 20.8 Å². The topological polar surface area (TPSA) is 96.2 Å². The van der Waals surface area contributed by atoms with Gasteiger partial charge in [0.15, 0.2) is 5.82 Å². The van der Waals surface area contributed by atoms with E-state index in [1.807, 2.05) is 6.20 Å². The summed E-state index contributed by atoms with van der Waals surface area (Å²) in [5, 5.41) is 4.25. The number of hydrogen-bond acceptors (Lipinski definition) is 4. The van der Waals surface area contributed by atoms with Crippen molar-refractivity contribution in [1.82, 2.24) is 9.78 Å². The summed E-state index contributed by atoms with van der Waals surface area (Å²) in [4.78, 5) is 10.6. The maximum absolute atomic E-state index is 10.6. The molecule has 102 valence electrons. The van der Waals surface area contributed by atoms with Crippen LogP contribution in [0.1, 0.15) is 33.2 Å². The van der Waals surface area contributed by atoms with Crippen LogP contribution in [0.5, 0.6) is 0 Å². The minimum atomic E-state index is -0.760. The summed E-state index contributed by atoms with van der Waals surface area (Å²) in [6.07, 6.45) is 1.69. The fourth-order valence-corrected chi connectivity index (χ4v) is 2.07. The van der Waals surface area contributed by atoms with Crippen LogP contribution < -0.4 is 11.5 Å². The van der Waals surface area contributed by atoms with Crippen LogP contribution in [0.2, 0.25) is 0 Å². The lowest BCUT2D eigenvalue weighted by Crippen LogP contribution is -2.27. The zero-order valence-corrected chi connectivity index (χ0v) is 12.4. The molecule has 1 amide bonds. The first-order valence-electron chi connectivity index (χ1n) is 5.64. The second kappa shape index (κ2) is 5.60. The third-order valence-corrected chi connectivity index (χ3v) is 3.28. The molecule has 18 heavy (non-hydrogen) atoms. The predicted molar refractivity (Wildman–Crippen MR) is 73.0 cm³/mol. The van der Waals surface area contributed by atoms with Crippen LogP contribution in [-0.2, 0) is 4.74 Å². The lowest BCUT2D eigenvalue weighted by molar-refractivity contribution is 0.127. The molecule has 0 saturated heterocycles. The minimum absolute atomic E-state index is 0.0428. The standard InChI is InChI=1S/C11H19BrN4O2/c1-11(2,3)8(4-5-18-10(14)17)16-6-7(12)9(13)15-16/h6,8H,4-5H2,1-3H3,(H2,13,15)(H2,14,17). The quantitative estimate of drug-likeness (QED) is 0.890. The van der Waals surface area contributed by atoms with Gasteiger partial charge in [-0.3, -0.25) is 4.68 Å². The Hall–Kier alpha value is -1.24. The van der Waals surface area contributed by atoms with E-state index in [1.165, 1.54) is 0 Å². The van der Waals surface area contributed by atoms with Gasteiger partial charge in [0, 0.05) is 12.6 Å². The van der Waals surface area contributed by atoms with Gasteiger partial charge in [-0.15, -0.1) is 0 Å². The van der Waals surface area contributed by atoms with Gasteiger partial charge in [-0.25, -0.2) is 4.79 Å². The number of rotatable bonds is 4. The average molecular weight is 319 g/mol. The number of nitrogens with zero attached hydrogens (tertiary/aromatic N) is 2. The fourth-order valence-electron chi connectivity index (χ4n) is 1.78. The van der Waals surface area contributed by atoms with Gasteiger partial charge in [0.2, 0.25) is 0 Å². The highest BCUT2D eigenvalue weighted by atomic mass is 79.9. The van der Waals surface area contributed by atoms with Crippen molar-refractivity contribution in [2.24, 2.45) is 11.1 Å². The number of nitrogen functional groups attached to an aromatic ring is 1. The molecule has 0 spiro atoms. The Morgan fingerprint density at radius 3 is 2.61 bits per heavy atom. The molecule has 4 N–H and O–H groups in total. The second-order valence-electron chi connectivity index (χ2n) is 5.18. The summed E-state index contributed by atoms with van der Waals surface area (Å²) in [5.41, 5.74) is 10.6. The van der Waals surface area contributed by atoms with Crippen LogP contribution in [0.15, 0.2) is 10.7 Å². The zero-order valence-electron chi connectivity index (χ0n) is 10.8. The van der Waals surface area contributed by atoms with Crippen LogP contribution >= 0.6 is 15.9 Å². The van der Waals surface area contributed by atoms with Crippen molar-refractivity contribution >= 4 is 27.8 Å². The summed E-state index contributed by atoms with van der Waals surface area (Å²) < 4.78 is 7.33. The maximum Gasteiger partial charge on any atom is 0.404 e. The van der Waals surface area contributed by atoms with Crippen LogP contribution in [0.4, 0.5) is 10.6 Å². The number of halogens is 1. The molecule has 1 aromatic heterocycles. The fraction of sp³-hybridized carbons (Fsp3) is 0.636. The number of amides is 1. The second-order valence-corrected chi connectivity index (χ2v) is 6.03. The van der Waals surface area contributed by atoms with E-state index < -0.39 is 6.09 Å². The van der Waals surface area contributed by atoms with Crippen LogP contribution in [0, 0.1) is 5.41 Å². The molecule has 1 rings (SSSR count). The molecule has 6 nitrogen and oxygen atoms in total. The summed E-state index contributed by atoms with van der Waals surface area (Å²) in [5.74, 6) is 0.445. The highest BCUT2D eigenvalue weighted by molar-refractivity contribution is 9.10. The van der Waals surface area contributed by atoms with Crippen molar-refractivity contribution in [3.05, 3.63) is 10.7 Å². The Bertz CT molecular complexity index is 406. The first-order chi connectivity index (χ1) is 8.21. The number of hydrogen-bond donors (Lipinski definition) is 2. The van der Waals surface area contributed by atoms with E-state index in [-0.39, 0.29) is 18.1 Å². The third-order valence-electron chi connectivity index (χ3n) is 2.67. The first-order valence-corrected chi connectivity index (χ1v) is 6.43. The van der Waals surface area contributed by atoms with E-state index in [9.17, 15) is 4.79 Å². The van der Waals surface area contributed by atoms with Crippen LogP contribution in [-0.4, -0.2) is 22.5 Å². The lowest BCUT2D eigenvalue weighted by Gasteiger charge is -2.30. The van der Waals surface area contributed by atoms with Gasteiger partial charge in [-0.05, 0) is 21.3 Å². The monoisotopic (exact) mass is 318 g/mol. The predicted octanol–water partition coefficient (Wildman–Crippen LogP) is 2.30. The van der Waals surface area contributed by atoms with Crippen LogP contribution in [0.3, 0.4) is 0 Å². The van der Waals surface area contributed by atoms with Crippen LogP contribution in [0.25, 0.3) is 0 Å². The first kappa shape index (κ1) is 14.8. The summed E-state index contributed by atoms with van der Waals surface area (Å²) in [6, 6.07) is 0.0606. The van der Waals surface area contributed by atoms with E-state index >= 15 is 0 Å². The molecule has 0 fully saturated rings. The van der Waals surface area contributed by atoms with Gasteiger partial charge in [0.1, 0.15) is 0 Å². The normalized spacial score (nSPS) is 13.3. The Labute approximate surface area is 115 Å². The van der Waals surface area contributed by atoms with E-state index in [4.69, 9.17) is 16.2 Å². The zero-order chi connectivity index (χ0) is 13.9. The third kappa shape index (κ3) is 3.90. The molecule has 1 heterocycles. The number of carbonyl (C=O) groups excluding carboxylic acids is 1. The molecule has 1 aromatic rings. The number of aromatic nitrogens is 2. The summed E-state index contributed by atoms with van der Waals surface area (Å²) >= 11 is 3.33. The van der Waals surface area contributed by atoms with Crippen molar-refractivity contribution in [3.63, 3.8) is 0 Å². The molecule has 7 heteroatoms. The molecule has 0 aromatic carbocycles. The molecule has 0 aliphatic carbocycles. The SMILES string of the molecule is CC(C)(C)C(CCOC(N)=O)n1cc(Br)c(N)n1. The Balaban J connectivity index is 2.82. The van der Waals surface area contributed by atoms with E-state index in [0.29, 0.717) is 12.2 Å². The molecule has 0 radical (unpaired) electrons. The molecule has 0 aliphatic rings. The number of carbonyl (C=O) groups is 1. The van der Waals surface area contributed by atoms with E-state index in [1.54, 1.807) is 4.68 Å². The van der Waals surface area contributed by atoms with Crippen molar-refractivity contribution in [3.8, 4) is 0 Å². The van der Waals surface area contributed by atoms with E-state index in [2.05, 4.69) is 41.8 Å². The lowest BCUT2D eigenvalue weighted by atomic mass is 9.85. The molecule has 1 unspecified atom stereocenters. The van der Waals surface area contributed by atoms with Gasteiger partial charge in [0.05, 0.1) is 17.1 Å². The van der Waals surface area contributed by atoms with E-state index in [0.717, 1.165) is 4.47 Å². The highest BCUT2D eigenvalue weighted by Crippen LogP contribution is 2.34. The number of nitrogens with two attached hydrogens (primary N) is 2. The molecule has 1 atom stereocenters. The average Bonchev–Trinajstić information content (AvgIpc) is 2.51. The summed E-state index contributed by atoms with van der Waals surface area (Å²) in [6.45, 7) is 6.53. The Morgan fingerprint density at radius 2 is 2.22 bits per heavy atom. The van der Waals surface area contributed by atoms with Gasteiger partial charge in [0.25, 0.3) is 0 Å². The van der Waals surface area contributed by atoms with Crippen molar-refractivity contribution in [1.29, 1.82) is 0 Å². The Kier molecular flexibility index (Phi) is 4.61. The van der Waals surface area contributed by atoms with Crippen molar-refractivity contribution in [2.75, 3.05) is 12.3 Å².